The highest BCUT2D eigenvalue weighted by Gasteiger charge is 2.25. The first kappa shape index (κ1) is 20.3. The van der Waals surface area contributed by atoms with Crippen LogP contribution in [-0.2, 0) is 0 Å². The van der Waals surface area contributed by atoms with E-state index in [1.54, 1.807) is 0 Å². The number of aliphatic hydroxyl groups excluding tert-OH is 2. The molecule has 2 heterocycles. The maximum absolute atomic E-state index is 9.12. The van der Waals surface area contributed by atoms with Crippen molar-refractivity contribution >= 4 is 70.6 Å². The minimum atomic E-state index is 0.340. The van der Waals surface area contributed by atoms with Gasteiger partial charge in [0.05, 0.1) is 22.4 Å². The maximum atomic E-state index is 9.12. The van der Waals surface area contributed by atoms with Crippen LogP contribution >= 0.6 is 70.6 Å². The quantitative estimate of drug-likeness (QED) is 0.494. The molecule has 0 aliphatic carbocycles. The Kier molecular flexibility index (Phi) is 11.4. The average molecular weight is 419 g/mol. The van der Waals surface area contributed by atoms with Crippen LogP contribution in [-0.4, -0.2) is 77.6 Å². The fraction of sp³-hybridized carbons (Fsp3) is 1.00. The number of aliphatic hydroxyl groups is 2. The maximum Gasteiger partial charge on any atom is 0.0597 e. The van der Waals surface area contributed by atoms with Gasteiger partial charge in [-0.05, 0) is 24.3 Å². The van der Waals surface area contributed by atoms with E-state index in [-0.39, 0.29) is 0 Å². The van der Waals surface area contributed by atoms with Crippen LogP contribution < -0.4 is 0 Å². The monoisotopic (exact) mass is 418 g/mol. The summed E-state index contributed by atoms with van der Waals surface area (Å²) in [5.74, 6) is 7.27. The number of hydrogen-bond acceptors (Lipinski definition) is 8. The van der Waals surface area contributed by atoms with Crippen LogP contribution in [0.25, 0.3) is 0 Å². The van der Waals surface area contributed by atoms with Crippen molar-refractivity contribution in [2.45, 2.75) is 32.5 Å². The summed E-state index contributed by atoms with van der Waals surface area (Å²) in [6.07, 6.45) is 2.65. The summed E-state index contributed by atoms with van der Waals surface area (Å²) in [5, 5.41) is 19.2. The number of hydrogen-bond donors (Lipinski definition) is 2. The first-order chi connectivity index (χ1) is 10.8. The Balaban J connectivity index is 1.35. The molecule has 2 saturated heterocycles. The van der Waals surface area contributed by atoms with Crippen LogP contribution in [0.5, 0.6) is 0 Å². The Morgan fingerprint density at radius 2 is 1.23 bits per heavy atom. The Labute approximate surface area is 160 Å². The molecule has 0 radical (unpaired) electrons. The van der Waals surface area contributed by atoms with Gasteiger partial charge in [0.15, 0.2) is 0 Å². The zero-order chi connectivity index (χ0) is 15.6. The molecule has 0 amide bonds. The van der Waals surface area contributed by atoms with E-state index in [9.17, 15) is 0 Å². The minimum Gasteiger partial charge on any atom is -0.395 e. The molecule has 0 aromatic rings. The van der Waals surface area contributed by atoms with Gasteiger partial charge in [0.2, 0.25) is 0 Å². The lowest BCUT2D eigenvalue weighted by Crippen LogP contribution is -2.07. The van der Waals surface area contributed by atoms with Crippen LogP contribution in [0.15, 0.2) is 0 Å². The van der Waals surface area contributed by atoms with E-state index in [1.165, 1.54) is 35.9 Å². The van der Waals surface area contributed by atoms with Crippen molar-refractivity contribution in [3.05, 3.63) is 0 Å². The van der Waals surface area contributed by atoms with Crippen molar-refractivity contribution in [2.24, 2.45) is 0 Å². The summed E-state index contributed by atoms with van der Waals surface area (Å²) < 4.78 is 1.40. The van der Waals surface area contributed by atoms with E-state index in [2.05, 4.69) is 23.5 Å². The van der Waals surface area contributed by atoms with Gasteiger partial charge >= 0.3 is 0 Å². The van der Waals surface area contributed by atoms with Crippen molar-refractivity contribution in [3.63, 3.8) is 0 Å². The van der Waals surface area contributed by atoms with Gasteiger partial charge in [0, 0.05) is 33.5 Å². The topological polar surface area (TPSA) is 40.5 Å². The molecule has 0 saturated carbocycles. The van der Waals surface area contributed by atoms with Crippen LogP contribution in [0.2, 0.25) is 0 Å². The molecule has 2 aliphatic rings. The summed E-state index contributed by atoms with van der Waals surface area (Å²) in [5.41, 5.74) is 0. The minimum absolute atomic E-state index is 0.340. The molecule has 2 nitrogen and oxygen atoms in total. The second-order valence-corrected chi connectivity index (χ2v) is 13.6. The molecular formula is C14H26O2S6. The molecule has 2 rings (SSSR count). The van der Waals surface area contributed by atoms with E-state index >= 15 is 0 Å². The van der Waals surface area contributed by atoms with Gasteiger partial charge in [-0.2, -0.15) is 23.5 Å². The van der Waals surface area contributed by atoms with Crippen LogP contribution in [0, 0.1) is 0 Å². The Morgan fingerprint density at radius 1 is 0.773 bits per heavy atom. The largest absolute Gasteiger partial charge is 0.395 e. The first-order valence-electron chi connectivity index (χ1n) is 7.73. The Hall–Kier alpha value is 2.02. The molecule has 2 N–H and O–H groups in total. The Bertz CT molecular complexity index is 269. The van der Waals surface area contributed by atoms with Gasteiger partial charge in [0.25, 0.3) is 0 Å². The van der Waals surface area contributed by atoms with E-state index in [1.807, 2.05) is 47.0 Å². The highest BCUT2D eigenvalue weighted by Crippen LogP contribution is 2.40. The molecule has 0 aromatic heterocycles. The van der Waals surface area contributed by atoms with E-state index < -0.39 is 0 Å². The summed E-state index contributed by atoms with van der Waals surface area (Å²) in [6, 6.07) is 0. The third-order valence-electron chi connectivity index (χ3n) is 3.37. The molecule has 4 unspecified atom stereocenters. The van der Waals surface area contributed by atoms with E-state index in [0.29, 0.717) is 32.9 Å². The molecule has 4 atom stereocenters. The van der Waals surface area contributed by atoms with Crippen molar-refractivity contribution in [1.29, 1.82) is 0 Å². The second kappa shape index (κ2) is 12.4. The molecule has 130 valence electrons. The molecule has 2 fully saturated rings. The highest BCUT2D eigenvalue weighted by atomic mass is 32.2. The molecule has 0 bridgehead atoms. The zero-order valence-electron chi connectivity index (χ0n) is 12.7. The molecule has 22 heavy (non-hydrogen) atoms. The average Bonchev–Trinajstić information content (AvgIpc) is 3.18. The number of thioether (sulfide) groups is 6. The molecular weight excluding hydrogens is 393 g/mol. The lowest BCUT2D eigenvalue weighted by molar-refractivity contribution is 0.301. The SMILES string of the molecule is OCC1CSC(CSCCCCSCC2SCC(CO)S2)S1. The van der Waals surface area contributed by atoms with Gasteiger partial charge in [-0.1, -0.05) is 0 Å². The van der Waals surface area contributed by atoms with Crippen molar-refractivity contribution < 1.29 is 10.2 Å². The van der Waals surface area contributed by atoms with Crippen molar-refractivity contribution in [1.82, 2.24) is 0 Å². The molecule has 2 aliphatic heterocycles. The smallest absolute Gasteiger partial charge is 0.0597 e. The van der Waals surface area contributed by atoms with Gasteiger partial charge in [-0.15, -0.1) is 47.0 Å². The van der Waals surface area contributed by atoms with Gasteiger partial charge < -0.3 is 10.2 Å². The predicted octanol–water partition coefficient (Wildman–Crippen LogP) is 3.57. The molecule has 8 heteroatoms. The van der Waals surface area contributed by atoms with Gasteiger partial charge in [-0.3, -0.25) is 0 Å². The van der Waals surface area contributed by atoms with Crippen molar-refractivity contribution in [2.75, 3.05) is 47.7 Å². The summed E-state index contributed by atoms with van der Waals surface area (Å²) in [6.45, 7) is 0.680. The normalized spacial score (nSPS) is 31.9. The summed E-state index contributed by atoms with van der Waals surface area (Å²) in [4.78, 5) is 0. The van der Waals surface area contributed by atoms with Crippen LogP contribution in [0.4, 0.5) is 0 Å². The summed E-state index contributed by atoms with van der Waals surface area (Å²) >= 11 is 12.1. The number of unbranched alkanes of at least 4 members (excludes halogenated alkanes) is 1. The van der Waals surface area contributed by atoms with Crippen LogP contribution in [0.1, 0.15) is 12.8 Å². The zero-order valence-corrected chi connectivity index (χ0v) is 17.6. The standard InChI is InChI=1S/C14H26O2S6/c15-5-11-7-19-13(21-11)9-17-3-1-2-4-18-10-14-20-8-12(6-16)22-14/h11-16H,1-10H2. The lowest BCUT2D eigenvalue weighted by atomic mass is 10.4. The van der Waals surface area contributed by atoms with Gasteiger partial charge in [0.1, 0.15) is 0 Å². The predicted molar refractivity (Wildman–Crippen MR) is 113 cm³/mol. The molecule has 0 spiro atoms. The third-order valence-corrected chi connectivity index (χ3v) is 13.0. The fourth-order valence-electron chi connectivity index (χ4n) is 2.15. The van der Waals surface area contributed by atoms with Crippen molar-refractivity contribution in [3.8, 4) is 0 Å². The fourth-order valence-corrected chi connectivity index (χ4v) is 11.5. The van der Waals surface area contributed by atoms with E-state index in [4.69, 9.17) is 10.2 Å². The number of rotatable bonds is 11. The molecule has 0 aromatic carbocycles. The Morgan fingerprint density at radius 3 is 1.59 bits per heavy atom. The van der Waals surface area contributed by atoms with E-state index in [0.717, 1.165) is 11.5 Å². The lowest BCUT2D eigenvalue weighted by Gasteiger charge is -2.09. The first-order valence-corrected chi connectivity index (χ1v) is 14.0. The summed E-state index contributed by atoms with van der Waals surface area (Å²) in [7, 11) is 0. The van der Waals surface area contributed by atoms with Gasteiger partial charge in [-0.25, -0.2) is 0 Å². The highest BCUT2D eigenvalue weighted by molar-refractivity contribution is 8.22. The third kappa shape index (κ3) is 7.93. The van der Waals surface area contributed by atoms with Crippen LogP contribution in [0.3, 0.4) is 0 Å². The second-order valence-electron chi connectivity index (χ2n) is 5.26.